The molecular weight excluding hydrogens is 264 g/mol. The summed E-state index contributed by atoms with van der Waals surface area (Å²) in [6, 6.07) is 0.377. The molecule has 112 valence electrons. The van der Waals surface area contributed by atoms with E-state index in [1.165, 1.54) is 0 Å². The summed E-state index contributed by atoms with van der Waals surface area (Å²) in [6.45, 7) is 2.79. The molecule has 6 nitrogen and oxygen atoms in total. The van der Waals surface area contributed by atoms with Gasteiger partial charge in [-0.05, 0) is 34.0 Å². The molecule has 0 amide bonds. The lowest BCUT2D eigenvalue weighted by Crippen LogP contribution is -2.55. The molecule has 0 aromatic carbocycles. The first-order valence-electron chi connectivity index (χ1n) is 7.02. The minimum absolute atomic E-state index is 0.0552. The second-order valence-electron chi connectivity index (χ2n) is 5.89. The zero-order valence-electron chi connectivity index (χ0n) is 12.2. The van der Waals surface area contributed by atoms with Gasteiger partial charge in [0.2, 0.25) is 0 Å². The van der Waals surface area contributed by atoms with Crippen LogP contribution in [0.3, 0.4) is 0 Å². The van der Waals surface area contributed by atoms with Crippen LogP contribution in [-0.4, -0.2) is 81.9 Å². The van der Waals surface area contributed by atoms with Crippen molar-refractivity contribution in [3.05, 3.63) is 0 Å². The van der Waals surface area contributed by atoms with Crippen LogP contribution in [0.25, 0.3) is 0 Å². The quantitative estimate of drug-likeness (QED) is 0.762. The molecule has 0 bridgehead atoms. The summed E-state index contributed by atoms with van der Waals surface area (Å²) in [4.78, 5) is 4.29. The summed E-state index contributed by atoms with van der Waals surface area (Å²) >= 11 is 0. The molecule has 1 saturated heterocycles. The van der Waals surface area contributed by atoms with Crippen LogP contribution in [0.1, 0.15) is 19.3 Å². The van der Waals surface area contributed by atoms with E-state index in [0.717, 1.165) is 32.4 Å². The van der Waals surface area contributed by atoms with E-state index >= 15 is 0 Å². The maximum absolute atomic E-state index is 12.4. The zero-order chi connectivity index (χ0) is 14.0. The van der Waals surface area contributed by atoms with Crippen molar-refractivity contribution in [2.24, 2.45) is 0 Å². The van der Waals surface area contributed by atoms with Crippen molar-refractivity contribution in [2.75, 3.05) is 47.3 Å². The Morgan fingerprint density at radius 1 is 1.11 bits per heavy atom. The van der Waals surface area contributed by atoms with Gasteiger partial charge < -0.3 is 9.80 Å². The first-order valence-corrected chi connectivity index (χ1v) is 8.46. The molecule has 2 fully saturated rings. The van der Waals surface area contributed by atoms with Gasteiger partial charge in [0.25, 0.3) is 10.2 Å². The first-order chi connectivity index (χ1) is 8.90. The van der Waals surface area contributed by atoms with Crippen LogP contribution in [0.4, 0.5) is 0 Å². The maximum Gasteiger partial charge on any atom is 0.279 e. The number of likely N-dealkylation sites (N-methyl/N-ethyl adjacent to an activating group) is 2. The van der Waals surface area contributed by atoms with Crippen molar-refractivity contribution < 1.29 is 8.42 Å². The molecule has 1 aliphatic carbocycles. The lowest BCUT2D eigenvalue weighted by atomic mass is 10.2. The van der Waals surface area contributed by atoms with Gasteiger partial charge in [0.05, 0.1) is 0 Å². The highest BCUT2D eigenvalue weighted by molar-refractivity contribution is 7.87. The van der Waals surface area contributed by atoms with Crippen molar-refractivity contribution in [3.8, 4) is 0 Å². The van der Waals surface area contributed by atoms with Crippen LogP contribution in [-0.2, 0) is 10.2 Å². The fraction of sp³-hybridized carbons (Fsp3) is 1.00. The van der Waals surface area contributed by atoms with Crippen LogP contribution >= 0.6 is 0 Å². The molecule has 1 heterocycles. The van der Waals surface area contributed by atoms with Crippen LogP contribution < -0.4 is 4.72 Å². The zero-order valence-corrected chi connectivity index (χ0v) is 13.0. The molecule has 7 heteroatoms. The second kappa shape index (κ2) is 6.05. The molecule has 1 saturated carbocycles. The van der Waals surface area contributed by atoms with Gasteiger partial charge in [-0.3, -0.25) is 0 Å². The third kappa shape index (κ3) is 3.66. The van der Waals surface area contributed by atoms with Gasteiger partial charge in [0.15, 0.2) is 0 Å². The van der Waals surface area contributed by atoms with E-state index in [-0.39, 0.29) is 6.04 Å². The number of nitrogens with zero attached hydrogens (tertiary/aromatic N) is 3. The van der Waals surface area contributed by atoms with Gasteiger partial charge in [-0.2, -0.15) is 17.4 Å². The van der Waals surface area contributed by atoms with E-state index in [9.17, 15) is 8.42 Å². The Balaban J connectivity index is 1.97. The van der Waals surface area contributed by atoms with Gasteiger partial charge in [0, 0.05) is 38.3 Å². The molecule has 1 N–H and O–H groups in total. The van der Waals surface area contributed by atoms with E-state index in [1.54, 1.807) is 4.31 Å². The molecular formula is C12H26N4O2S. The summed E-state index contributed by atoms with van der Waals surface area (Å²) in [5.41, 5.74) is 0. The smallest absolute Gasteiger partial charge is 0.279 e. The normalized spacial score (nSPS) is 31.2. The summed E-state index contributed by atoms with van der Waals surface area (Å²) in [7, 11) is 2.74. The molecule has 2 rings (SSSR count). The molecule has 1 aliphatic heterocycles. The lowest BCUT2D eigenvalue weighted by Gasteiger charge is -2.34. The number of nitrogens with one attached hydrogen (secondary N) is 1. The minimum atomic E-state index is -3.33. The SMILES string of the molecule is CN1CCN(S(=O)(=O)N[C@@H]2CCC[C@H]2N(C)C)CC1. The molecule has 19 heavy (non-hydrogen) atoms. The summed E-state index contributed by atoms with van der Waals surface area (Å²) in [5, 5.41) is 0. The van der Waals surface area contributed by atoms with Crippen LogP contribution in [0.5, 0.6) is 0 Å². The Labute approximate surface area is 116 Å². The summed E-state index contributed by atoms with van der Waals surface area (Å²) in [6.07, 6.45) is 3.11. The number of rotatable bonds is 4. The standard InChI is InChI=1S/C12H26N4O2S/c1-14(2)12-6-4-5-11(12)13-19(17,18)16-9-7-15(3)8-10-16/h11-13H,4-10H2,1-3H3/t11-,12-/m1/s1. The predicted molar refractivity (Wildman–Crippen MR) is 76.2 cm³/mol. The van der Waals surface area contributed by atoms with E-state index in [0.29, 0.717) is 19.1 Å². The topological polar surface area (TPSA) is 55.9 Å². The van der Waals surface area contributed by atoms with Crippen LogP contribution in [0, 0.1) is 0 Å². The monoisotopic (exact) mass is 290 g/mol. The molecule has 2 aliphatic rings. The number of piperazine rings is 1. The average molecular weight is 290 g/mol. The van der Waals surface area contributed by atoms with Crippen molar-refractivity contribution in [2.45, 2.75) is 31.3 Å². The van der Waals surface area contributed by atoms with E-state index in [1.807, 2.05) is 21.1 Å². The van der Waals surface area contributed by atoms with E-state index in [4.69, 9.17) is 0 Å². The third-order valence-corrected chi connectivity index (χ3v) is 5.89. The Morgan fingerprint density at radius 2 is 1.74 bits per heavy atom. The number of hydrogen-bond donors (Lipinski definition) is 1. The van der Waals surface area contributed by atoms with Crippen molar-refractivity contribution in [3.63, 3.8) is 0 Å². The van der Waals surface area contributed by atoms with Gasteiger partial charge in [-0.1, -0.05) is 6.42 Å². The highest BCUT2D eigenvalue weighted by atomic mass is 32.2. The fourth-order valence-electron chi connectivity index (χ4n) is 2.99. The van der Waals surface area contributed by atoms with Crippen molar-refractivity contribution in [1.82, 2.24) is 18.8 Å². The highest BCUT2D eigenvalue weighted by Gasteiger charge is 2.34. The van der Waals surface area contributed by atoms with Gasteiger partial charge in [0.1, 0.15) is 0 Å². The first kappa shape index (κ1) is 15.2. The molecule has 0 radical (unpaired) electrons. The third-order valence-electron chi connectivity index (χ3n) is 4.25. The van der Waals surface area contributed by atoms with Gasteiger partial charge in [-0.25, -0.2) is 0 Å². The molecule has 2 atom stereocenters. The molecule has 0 unspecified atom stereocenters. The van der Waals surface area contributed by atoms with Gasteiger partial charge in [-0.15, -0.1) is 0 Å². The second-order valence-corrected chi connectivity index (χ2v) is 7.60. The van der Waals surface area contributed by atoms with Gasteiger partial charge >= 0.3 is 0 Å². The van der Waals surface area contributed by atoms with Crippen molar-refractivity contribution >= 4 is 10.2 Å². The highest BCUT2D eigenvalue weighted by Crippen LogP contribution is 2.23. The largest absolute Gasteiger partial charge is 0.305 e. The Bertz CT molecular complexity index is 391. The molecule has 0 aromatic heterocycles. The fourth-order valence-corrected chi connectivity index (χ4v) is 4.44. The minimum Gasteiger partial charge on any atom is -0.305 e. The molecule has 0 spiro atoms. The molecule has 0 aromatic rings. The van der Waals surface area contributed by atoms with Crippen LogP contribution in [0.15, 0.2) is 0 Å². The summed E-state index contributed by atoms with van der Waals surface area (Å²) in [5.74, 6) is 0. The predicted octanol–water partition coefficient (Wildman–Crippen LogP) is -0.449. The van der Waals surface area contributed by atoms with E-state index < -0.39 is 10.2 Å². The summed E-state index contributed by atoms with van der Waals surface area (Å²) < 4.78 is 29.3. The van der Waals surface area contributed by atoms with E-state index in [2.05, 4.69) is 14.5 Å². The van der Waals surface area contributed by atoms with Crippen molar-refractivity contribution in [1.29, 1.82) is 0 Å². The number of hydrogen-bond acceptors (Lipinski definition) is 4. The van der Waals surface area contributed by atoms with Crippen LogP contribution in [0.2, 0.25) is 0 Å². The average Bonchev–Trinajstić information content (AvgIpc) is 2.77. The lowest BCUT2D eigenvalue weighted by molar-refractivity contribution is 0.217. The Hall–Kier alpha value is -0.210. The Kier molecular flexibility index (Phi) is 4.84. The Morgan fingerprint density at radius 3 is 2.32 bits per heavy atom. The maximum atomic E-state index is 12.4.